The average Bonchev–Trinajstić information content (AvgIpc) is 2.45. The van der Waals surface area contributed by atoms with Crippen molar-refractivity contribution in [1.29, 1.82) is 0 Å². The molecule has 1 aliphatic rings. The van der Waals surface area contributed by atoms with Gasteiger partial charge in [0.15, 0.2) is 0 Å². The molecule has 1 aliphatic carbocycles. The van der Waals surface area contributed by atoms with Gasteiger partial charge in [0, 0.05) is 6.20 Å². The molecule has 0 N–H and O–H groups in total. The van der Waals surface area contributed by atoms with Gasteiger partial charge in [-0.05, 0) is 24.8 Å². The summed E-state index contributed by atoms with van der Waals surface area (Å²) in [6.45, 7) is 0.715. The second kappa shape index (κ2) is 6.38. The molecule has 0 radical (unpaired) electrons. The van der Waals surface area contributed by atoms with E-state index in [2.05, 4.69) is 9.72 Å². The number of pyridine rings is 1. The van der Waals surface area contributed by atoms with E-state index in [1.165, 1.54) is 45.4 Å². The molecule has 0 saturated heterocycles. The molecule has 98 valence electrons. The molecule has 2 rings (SSSR count). The number of nitrogens with zero attached hydrogens (tertiary/aromatic N) is 1. The van der Waals surface area contributed by atoms with Crippen LogP contribution in [0.15, 0.2) is 18.5 Å². The van der Waals surface area contributed by atoms with Crippen molar-refractivity contribution in [2.75, 3.05) is 13.7 Å². The largest absolute Gasteiger partial charge is 0.492 e. The van der Waals surface area contributed by atoms with Crippen LogP contribution in [0.25, 0.3) is 0 Å². The Morgan fingerprint density at radius 2 is 2.11 bits per heavy atom. The summed E-state index contributed by atoms with van der Waals surface area (Å²) in [5.74, 6) is 0.898. The highest BCUT2D eigenvalue weighted by Gasteiger charge is 2.14. The van der Waals surface area contributed by atoms with Crippen LogP contribution in [0.5, 0.6) is 5.75 Å². The zero-order valence-electron chi connectivity index (χ0n) is 10.7. The van der Waals surface area contributed by atoms with E-state index >= 15 is 0 Å². The van der Waals surface area contributed by atoms with E-state index < -0.39 is 0 Å². The standard InChI is InChI=1S/C14H19NO3/c1-17-14(16)12-7-13(9-15-8-12)18-10-11-5-3-2-4-6-11/h7-9,11H,2-6,10H2,1H3. The number of hydrogen-bond donors (Lipinski definition) is 0. The van der Waals surface area contributed by atoms with E-state index in [9.17, 15) is 4.79 Å². The first-order valence-corrected chi connectivity index (χ1v) is 6.46. The number of ether oxygens (including phenoxy) is 2. The molecule has 1 fully saturated rings. The SMILES string of the molecule is COC(=O)c1cncc(OCC2CCCCC2)c1. The van der Waals surface area contributed by atoms with Crippen LogP contribution in [-0.2, 0) is 4.74 Å². The van der Waals surface area contributed by atoms with Crippen molar-refractivity contribution in [2.24, 2.45) is 5.92 Å². The van der Waals surface area contributed by atoms with Crippen LogP contribution in [0.1, 0.15) is 42.5 Å². The first-order chi connectivity index (χ1) is 8.79. The summed E-state index contributed by atoms with van der Waals surface area (Å²) in [5, 5.41) is 0. The molecule has 0 unspecified atom stereocenters. The van der Waals surface area contributed by atoms with Crippen LogP contribution in [-0.4, -0.2) is 24.7 Å². The van der Waals surface area contributed by atoms with Crippen LogP contribution in [0.4, 0.5) is 0 Å². The van der Waals surface area contributed by atoms with Crippen LogP contribution < -0.4 is 4.74 Å². The minimum atomic E-state index is -0.384. The third-order valence-corrected chi connectivity index (χ3v) is 3.34. The lowest BCUT2D eigenvalue weighted by Crippen LogP contribution is -2.15. The van der Waals surface area contributed by atoms with Crippen molar-refractivity contribution >= 4 is 5.97 Å². The Labute approximate surface area is 107 Å². The minimum Gasteiger partial charge on any atom is -0.492 e. The second-order valence-corrected chi connectivity index (χ2v) is 4.72. The molecule has 1 heterocycles. The third-order valence-electron chi connectivity index (χ3n) is 3.34. The number of carbonyl (C=O) groups excluding carboxylic acids is 1. The molecule has 4 heteroatoms. The maximum absolute atomic E-state index is 11.4. The summed E-state index contributed by atoms with van der Waals surface area (Å²) in [4.78, 5) is 15.3. The van der Waals surface area contributed by atoms with Crippen molar-refractivity contribution in [2.45, 2.75) is 32.1 Å². The van der Waals surface area contributed by atoms with Gasteiger partial charge in [0.2, 0.25) is 0 Å². The molecule has 18 heavy (non-hydrogen) atoms. The highest BCUT2D eigenvalue weighted by molar-refractivity contribution is 5.89. The molecular weight excluding hydrogens is 230 g/mol. The van der Waals surface area contributed by atoms with E-state index in [1.54, 1.807) is 12.3 Å². The normalized spacial score (nSPS) is 16.3. The Morgan fingerprint density at radius 3 is 2.83 bits per heavy atom. The monoisotopic (exact) mass is 249 g/mol. The maximum Gasteiger partial charge on any atom is 0.339 e. The van der Waals surface area contributed by atoms with Gasteiger partial charge in [-0.1, -0.05) is 19.3 Å². The minimum absolute atomic E-state index is 0.384. The summed E-state index contributed by atoms with van der Waals surface area (Å²) < 4.78 is 10.4. The van der Waals surface area contributed by atoms with Gasteiger partial charge in [0.1, 0.15) is 5.75 Å². The van der Waals surface area contributed by atoms with Crippen molar-refractivity contribution in [3.05, 3.63) is 24.0 Å². The van der Waals surface area contributed by atoms with Gasteiger partial charge in [-0.15, -0.1) is 0 Å². The van der Waals surface area contributed by atoms with Crippen LogP contribution in [0.2, 0.25) is 0 Å². The quantitative estimate of drug-likeness (QED) is 0.770. The molecule has 4 nitrogen and oxygen atoms in total. The summed E-state index contributed by atoms with van der Waals surface area (Å²) in [6.07, 6.45) is 9.54. The van der Waals surface area contributed by atoms with Crippen LogP contribution >= 0.6 is 0 Å². The number of aromatic nitrogens is 1. The Kier molecular flexibility index (Phi) is 4.56. The Hall–Kier alpha value is -1.58. The Balaban J connectivity index is 1.90. The predicted octanol–water partition coefficient (Wildman–Crippen LogP) is 2.83. The van der Waals surface area contributed by atoms with E-state index in [-0.39, 0.29) is 5.97 Å². The Morgan fingerprint density at radius 1 is 1.33 bits per heavy atom. The van der Waals surface area contributed by atoms with Gasteiger partial charge in [-0.3, -0.25) is 4.98 Å². The Bertz CT molecular complexity index is 400. The third kappa shape index (κ3) is 3.45. The summed E-state index contributed by atoms with van der Waals surface area (Å²) in [6, 6.07) is 1.68. The van der Waals surface area contributed by atoms with Crippen molar-refractivity contribution in [3.8, 4) is 5.75 Å². The average molecular weight is 249 g/mol. The lowest BCUT2D eigenvalue weighted by Gasteiger charge is -2.21. The zero-order valence-corrected chi connectivity index (χ0v) is 10.7. The van der Waals surface area contributed by atoms with Crippen molar-refractivity contribution < 1.29 is 14.3 Å². The van der Waals surface area contributed by atoms with Crippen LogP contribution in [0, 0.1) is 5.92 Å². The van der Waals surface area contributed by atoms with E-state index in [0.717, 1.165) is 0 Å². The highest BCUT2D eigenvalue weighted by atomic mass is 16.5. The number of methoxy groups -OCH3 is 1. The first-order valence-electron chi connectivity index (χ1n) is 6.46. The fraction of sp³-hybridized carbons (Fsp3) is 0.571. The predicted molar refractivity (Wildman–Crippen MR) is 67.6 cm³/mol. The zero-order chi connectivity index (χ0) is 12.8. The van der Waals surface area contributed by atoms with Gasteiger partial charge in [0.25, 0.3) is 0 Å². The van der Waals surface area contributed by atoms with Gasteiger partial charge < -0.3 is 9.47 Å². The van der Waals surface area contributed by atoms with Gasteiger partial charge in [0.05, 0.1) is 25.5 Å². The first kappa shape index (κ1) is 12.9. The lowest BCUT2D eigenvalue weighted by atomic mass is 9.90. The smallest absolute Gasteiger partial charge is 0.339 e. The molecule has 1 aromatic heterocycles. The summed E-state index contributed by atoms with van der Waals surface area (Å²) >= 11 is 0. The molecule has 0 bridgehead atoms. The molecule has 1 aromatic rings. The number of hydrogen-bond acceptors (Lipinski definition) is 4. The summed E-state index contributed by atoms with van der Waals surface area (Å²) in [5.41, 5.74) is 0.429. The topological polar surface area (TPSA) is 48.4 Å². The fourth-order valence-electron chi connectivity index (χ4n) is 2.30. The second-order valence-electron chi connectivity index (χ2n) is 4.72. The molecule has 0 atom stereocenters. The molecule has 0 amide bonds. The number of carbonyl (C=O) groups is 1. The summed E-state index contributed by atoms with van der Waals surface area (Å²) in [7, 11) is 1.36. The number of rotatable bonds is 4. The fourth-order valence-corrected chi connectivity index (χ4v) is 2.30. The lowest BCUT2D eigenvalue weighted by molar-refractivity contribution is 0.0599. The molecule has 1 saturated carbocycles. The molecule has 0 aromatic carbocycles. The molecule has 0 spiro atoms. The van der Waals surface area contributed by atoms with E-state index in [1.807, 2.05) is 0 Å². The molecular formula is C14H19NO3. The maximum atomic E-state index is 11.4. The van der Waals surface area contributed by atoms with Crippen LogP contribution in [0.3, 0.4) is 0 Å². The van der Waals surface area contributed by atoms with Crippen molar-refractivity contribution in [3.63, 3.8) is 0 Å². The van der Waals surface area contributed by atoms with Crippen molar-refractivity contribution in [1.82, 2.24) is 4.98 Å². The van der Waals surface area contributed by atoms with Gasteiger partial charge >= 0.3 is 5.97 Å². The highest BCUT2D eigenvalue weighted by Crippen LogP contribution is 2.24. The van der Waals surface area contributed by atoms with E-state index in [0.29, 0.717) is 23.8 Å². The van der Waals surface area contributed by atoms with Gasteiger partial charge in [-0.2, -0.15) is 0 Å². The number of esters is 1. The van der Waals surface area contributed by atoms with E-state index in [4.69, 9.17) is 4.74 Å². The molecule has 0 aliphatic heterocycles. The van der Waals surface area contributed by atoms with Gasteiger partial charge in [-0.25, -0.2) is 4.79 Å².